The molecule has 1 rings (SSSR count). The smallest absolute Gasteiger partial charge is 0.309 e. The van der Waals surface area contributed by atoms with Crippen molar-refractivity contribution < 1.29 is 14.3 Å². The van der Waals surface area contributed by atoms with Gasteiger partial charge < -0.3 is 15.8 Å². The summed E-state index contributed by atoms with van der Waals surface area (Å²) in [5.74, 6) is -1.13. The van der Waals surface area contributed by atoms with Crippen LogP contribution in [0.1, 0.15) is 6.42 Å². The van der Waals surface area contributed by atoms with E-state index in [1.165, 1.54) is 7.11 Å². The van der Waals surface area contributed by atoms with Crippen LogP contribution in [-0.2, 0) is 14.3 Å². The number of nitrogens with two attached hydrogens (primary N) is 1. The monoisotopic (exact) mass is 186 g/mol. The average Bonchev–Trinajstić information content (AvgIpc) is 2.17. The van der Waals surface area contributed by atoms with Crippen LogP contribution >= 0.6 is 0 Å². The topological polar surface area (TPSA) is 81.4 Å². The molecule has 0 bridgehead atoms. The van der Waals surface area contributed by atoms with Gasteiger partial charge in [-0.1, -0.05) is 0 Å². The lowest BCUT2D eigenvalue weighted by Crippen LogP contribution is -2.44. The van der Waals surface area contributed by atoms with Crippen LogP contribution in [0.3, 0.4) is 0 Å². The van der Waals surface area contributed by atoms with Gasteiger partial charge in [-0.15, -0.1) is 0 Å². The largest absolute Gasteiger partial charge is 0.469 e. The van der Waals surface area contributed by atoms with Gasteiger partial charge in [0.25, 0.3) is 0 Å². The Hall–Kier alpha value is -1.10. The summed E-state index contributed by atoms with van der Waals surface area (Å²) in [6, 6.07) is 0. The maximum Gasteiger partial charge on any atom is 0.309 e. The molecule has 13 heavy (non-hydrogen) atoms. The number of nitrogens with one attached hydrogen (secondary N) is 1. The number of methoxy groups -OCH3 is 1. The summed E-state index contributed by atoms with van der Waals surface area (Å²) in [6.45, 7) is 1.12. The van der Waals surface area contributed by atoms with Crippen molar-refractivity contribution in [3.63, 3.8) is 0 Å². The van der Waals surface area contributed by atoms with E-state index in [0.717, 1.165) is 0 Å². The van der Waals surface area contributed by atoms with Crippen LogP contribution in [-0.4, -0.2) is 32.1 Å². The summed E-state index contributed by atoms with van der Waals surface area (Å²) in [5.41, 5.74) is 5.14. The van der Waals surface area contributed by atoms with E-state index in [-0.39, 0.29) is 23.7 Å². The van der Waals surface area contributed by atoms with Crippen molar-refractivity contribution in [2.75, 3.05) is 20.2 Å². The molecule has 0 saturated carbocycles. The molecule has 0 aromatic carbocycles. The molecule has 0 radical (unpaired) electrons. The SMILES string of the molecule is COC(=O)C1CNCC(C(N)=O)C1. The number of esters is 1. The van der Waals surface area contributed by atoms with Crippen molar-refractivity contribution in [1.29, 1.82) is 0 Å². The van der Waals surface area contributed by atoms with Gasteiger partial charge in [-0.25, -0.2) is 0 Å². The van der Waals surface area contributed by atoms with Gasteiger partial charge in [-0.05, 0) is 6.42 Å². The van der Waals surface area contributed by atoms with Crippen LogP contribution < -0.4 is 11.1 Å². The van der Waals surface area contributed by atoms with Gasteiger partial charge in [0.1, 0.15) is 0 Å². The maximum atomic E-state index is 11.1. The molecule has 3 N–H and O–H groups in total. The summed E-state index contributed by atoms with van der Waals surface area (Å²) >= 11 is 0. The Morgan fingerprint density at radius 3 is 2.54 bits per heavy atom. The molecule has 1 aliphatic rings. The van der Waals surface area contributed by atoms with Crippen LogP contribution in [0.25, 0.3) is 0 Å². The fourth-order valence-electron chi connectivity index (χ4n) is 1.50. The van der Waals surface area contributed by atoms with E-state index in [2.05, 4.69) is 10.1 Å². The molecule has 0 aromatic heterocycles. The molecule has 1 fully saturated rings. The summed E-state index contributed by atoms with van der Waals surface area (Å²) in [7, 11) is 1.34. The molecule has 1 amide bonds. The second-order valence-electron chi connectivity index (χ2n) is 3.21. The zero-order valence-electron chi connectivity index (χ0n) is 7.58. The van der Waals surface area contributed by atoms with Gasteiger partial charge in [0.05, 0.1) is 18.9 Å². The predicted octanol–water partition coefficient (Wildman–Crippen LogP) is -1.13. The maximum absolute atomic E-state index is 11.1. The Labute approximate surface area is 76.6 Å². The Balaban J connectivity index is 2.51. The number of carbonyl (C=O) groups is 2. The number of hydrogen-bond donors (Lipinski definition) is 2. The van der Waals surface area contributed by atoms with Crippen molar-refractivity contribution in [3.05, 3.63) is 0 Å². The van der Waals surface area contributed by atoms with Crippen molar-refractivity contribution in [2.24, 2.45) is 17.6 Å². The summed E-state index contributed by atoms with van der Waals surface area (Å²) in [6.07, 6.45) is 0.495. The quantitative estimate of drug-likeness (QED) is 0.535. The molecule has 0 aromatic rings. The molecule has 2 atom stereocenters. The van der Waals surface area contributed by atoms with E-state index >= 15 is 0 Å². The lowest BCUT2D eigenvalue weighted by molar-refractivity contribution is -0.146. The highest BCUT2D eigenvalue weighted by molar-refractivity contribution is 5.79. The van der Waals surface area contributed by atoms with Crippen molar-refractivity contribution in [3.8, 4) is 0 Å². The first-order chi connectivity index (χ1) is 6.15. The number of hydrogen-bond acceptors (Lipinski definition) is 4. The molecular weight excluding hydrogens is 172 g/mol. The van der Waals surface area contributed by atoms with E-state index in [9.17, 15) is 9.59 Å². The summed E-state index contributed by atoms with van der Waals surface area (Å²) < 4.78 is 4.59. The Bertz CT molecular complexity index is 217. The fourth-order valence-corrected chi connectivity index (χ4v) is 1.50. The molecular formula is C8H14N2O3. The van der Waals surface area contributed by atoms with E-state index in [1.807, 2.05) is 0 Å². The molecule has 1 saturated heterocycles. The third kappa shape index (κ3) is 2.42. The third-order valence-electron chi connectivity index (χ3n) is 2.29. The molecule has 1 aliphatic heterocycles. The predicted molar refractivity (Wildman–Crippen MR) is 45.7 cm³/mol. The average molecular weight is 186 g/mol. The fraction of sp³-hybridized carbons (Fsp3) is 0.750. The van der Waals surface area contributed by atoms with E-state index in [0.29, 0.717) is 19.5 Å². The lowest BCUT2D eigenvalue weighted by Gasteiger charge is -2.26. The van der Waals surface area contributed by atoms with Crippen molar-refractivity contribution in [1.82, 2.24) is 5.32 Å². The third-order valence-corrected chi connectivity index (χ3v) is 2.29. The van der Waals surface area contributed by atoms with Gasteiger partial charge in [0.2, 0.25) is 5.91 Å². The minimum absolute atomic E-state index is 0.240. The standard InChI is InChI=1S/C8H14N2O3/c1-13-8(12)6-2-5(7(9)11)3-10-4-6/h5-6,10H,2-4H2,1H3,(H2,9,11). The van der Waals surface area contributed by atoms with Crippen molar-refractivity contribution >= 4 is 11.9 Å². The lowest BCUT2D eigenvalue weighted by atomic mass is 9.90. The Morgan fingerprint density at radius 1 is 1.38 bits per heavy atom. The highest BCUT2D eigenvalue weighted by Crippen LogP contribution is 2.16. The molecule has 1 heterocycles. The normalized spacial score (nSPS) is 28.1. The number of piperidine rings is 1. The second kappa shape index (κ2) is 4.23. The molecule has 2 unspecified atom stereocenters. The number of carbonyl (C=O) groups excluding carboxylic acids is 2. The minimum atomic E-state index is -0.360. The first kappa shape index (κ1) is 9.98. The van der Waals surface area contributed by atoms with Crippen LogP contribution in [0.2, 0.25) is 0 Å². The van der Waals surface area contributed by atoms with Gasteiger partial charge in [0, 0.05) is 13.1 Å². The van der Waals surface area contributed by atoms with Gasteiger partial charge >= 0.3 is 5.97 Å². The van der Waals surface area contributed by atoms with Crippen LogP contribution in [0.4, 0.5) is 0 Å². The molecule has 74 valence electrons. The number of ether oxygens (including phenoxy) is 1. The van der Waals surface area contributed by atoms with Gasteiger partial charge in [0.15, 0.2) is 0 Å². The molecule has 5 heteroatoms. The van der Waals surface area contributed by atoms with Crippen LogP contribution in [0.15, 0.2) is 0 Å². The van der Waals surface area contributed by atoms with E-state index in [4.69, 9.17) is 5.73 Å². The minimum Gasteiger partial charge on any atom is -0.469 e. The van der Waals surface area contributed by atoms with Crippen LogP contribution in [0.5, 0.6) is 0 Å². The Kier molecular flexibility index (Phi) is 3.25. The molecule has 0 spiro atoms. The zero-order valence-corrected chi connectivity index (χ0v) is 7.58. The number of rotatable bonds is 2. The first-order valence-electron chi connectivity index (χ1n) is 4.23. The van der Waals surface area contributed by atoms with Crippen molar-refractivity contribution in [2.45, 2.75) is 6.42 Å². The van der Waals surface area contributed by atoms with E-state index < -0.39 is 0 Å². The number of primary amides is 1. The second-order valence-corrected chi connectivity index (χ2v) is 3.21. The number of amides is 1. The van der Waals surface area contributed by atoms with Gasteiger partial charge in [-0.2, -0.15) is 0 Å². The van der Waals surface area contributed by atoms with E-state index in [1.54, 1.807) is 0 Å². The van der Waals surface area contributed by atoms with Crippen LogP contribution in [0, 0.1) is 11.8 Å². The Morgan fingerprint density at radius 2 is 2.00 bits per heavy atom. The first-order valence-corrected chi connectivity index (χ1v) is 4.23. The van der Waals surface area contributed by atoms with Gasteiger partial charge in [-0.3, -0.25) is 9.59 Å². The summed E-state index contributed by atoms with van der Waals surface area (Å²) in [5, 5.41) is 2.98. The summed E-state index contributed by atoms with van der Waals surface area (Å²) in [4.78, 5) is 22.0. The highest BCUT2D eigenvalue weighted by atomic mass is 16.5. The molecule has 0 aliphatic carbocycles. The molecule has 5 nitrogen and oxygen atoms in total. The zero-order chi connectivity index (χ0) is 9.84. The highest BCUT2D eigenvalue weighted by Gasteiger charge is 2.30.